The number of ketones is 2. The molecule has 0 aromatic heterocycles. The average molecular weight is 494 g/mol. The van der Waals surface area contributed by atoms with Crippen LogP contribution in [-0.2, 0) is 9.59 Å². The summed E-state index contributed by atoms with van der Waals surface area (Å²) in [7, 11) is 0. The summed E-state index contributed by atoms with van der Waals surface area (Å²) in [6.07, 6.45) is 7.93. The van der Waals surface area contributed by atoms with Crippen molar-refractivity contribution >= 4 is 11.6 Å². The second kappa shape index (κ2) is 7.48. The minimum atomic E-state index is -0.468. The lowest BCUT2D eigenvalue weighted by atomic mass is 9.31. The summed E-state index contributed by atoms with van der Waals surface area (Å²) in [4.78, 5) is 27.7. The van der Waals surface area contributed by atoms with Gasteiger partial charge in [-0.05, 0) is 97.7 Å². The molecular weight excluding hydrogens is 446 g/mol. The molecule has 8 atom stereocenters. The molecule has 0 saturated heterocycles. The molecule has 1 N–H and O–H groups in total. The largest absolute Gasteiger partial charge is 0.511 e. The van der Waals surface area contributed by atoms with Crippen LogP contribution in [0.4, 0.5) is 0 Å². The van der Waals surface area contributed by atoms with Gasteiger partial charge in [-0.1, -0.05) is 48.5 Å². The van der Waals surface area contributed by atoms with Gasteiger partial charge in [-0.3, -0.25) is 9.59 Å². The number of allylic oxidation sites excluding steroid dienone is 2. The lowest BCUT2D eigenvalue weighted by molar-refractivity contribution is -0.229. The van der Waals surface area contributed by atoms with Gasteiger partial charge in [-0.2, -0.15) is 5.26 Å². The first-order valence-corrected chi connectivity index (χ1v) is 14.4. The summed E-state index contributed by atoms with van der Waals surface area (Å²) in [5.41, 5.74) is -0.544. The van der Waals surface area contributed by atoms with E-state index >= 15 is 0 Å². The van der Waals surface area contributed by atoms with Gasteiger partial charge in [-0.25, -0.2) is 0 Å². The highest BCUT2D eigenvalue weighted by Crippen LogP contribution is 2.76. The Morgan fingerprint density at radius 1 is 0.944 bits per heavy atom. The summed E-state index contributed by atoms with van der Waals surface area (Å²) in [6, 6.07) is 2.32. The van der Waals surface area contributed by atoms with Crippen LogP contribution in [0, 0.1) is 67.5 Å². The highest BCUT2D eigenvalue weighted by molar-refractivity contribution is 5.88. The number of Topliss-reactive ketones (excluding diaryl/α,β-unsaturated/α-hetero) is 2. The highest BCUT2D eigenvalue weighted by atomic mass is 16.3. The zero-order chi connectivity index (χ0) is 26.7. The molecule has 4 nitrogen and oxygen atoms in total. The van der Waals surface area contributed by atoms with Crippen LogP contribution >= 0.6 is 0 Å². The van der Waals surface area contributed by atoms with Crippen molar-refractivity contribution in [2.24, 2.45) is 56.2 Å². The molecule has 5 aliphatic rings. The molecule has 0 aromatic carbocycles. The van der Waals surface area contributed by atoms with Crippen molar-refractivity contribution in [2.75, 3.05) is 0 Å². The number of fused-ring (bicyclic) bond motifs is 7. The molecule has 0 radical (unpaired) electrons. The first-order chi connectivity index (χ1) is 16.5. The van der Waals surface area contributed by atoms with Gasteiger partial charge >= 0.3 is 0 Å². The van der Waals surface area contributed by atoms with E-state index in [0.29, 0.717) is 30.0 Å². The van der Waals surface area contributed by atoms with Crippen LogP contribution in [0.3, 0.4) is 0 Å². The molecule has 0 aliphatic heterocycles. The number of hydrogen-bond donors (Lipinski definition) is 1. The summed E-state index contributed by atoms with van der Waals surface area (Å²) in [6.45, 7) is 17.8. The third-order valence-corrected chi connectivity index (χ3v) is 13.4. The van der Waals surface area contributed by atoms with E-state index in [-0.39, 0.29) is 56.5 Å². The van der Waals surface area contributed by atoms with Gasteiger partial charge in [0, 0.05) is 23.2 Å². The lowest BCUT2D eigenvalue weighted by Gasteiger charge is -2.72. The molecule has 0 spiro atoms. The number of carbonyl (C=O) groups excluding carboxylic acids is 2. The summed E-state index contributed by atoms with van der Waals surface area (Å²) >= 11 is 0. The number of nitriles is 1. The predicted octanol–water partition coefficient (Wildman–Crippen LogP) is 7.58. The maximum atomic E-state index is 14.4. The van der Waals surface area contributed by atoms with Crippen molar-refractivity contribution in [3.63, 3.8) is 0 Å². The Labute approximate surface area is 218 Å². The molecule has 4 saturated carbocycles. The second-order valence-electron chi connectivity index (χ2n) is 15.7. The van der Waals surface area contributed by atoms with Gasteiger partial charge in [0.1, 0.15) is 17.3 Å². The molecule has 4 heteroatoms. The standard InChI is InChI=1S/C32H47NO3/c1-19(34)32-13-11-27(2,3)17-21(32)25-22(35)15-24-29(6)16-20(18-33)26(36)28(4,5)23(29)9-10-30(24,7)31(25,8)12-14-32/h21,23-25,36H,9-17H2,1-8H3/t21-,23-,24+,25-,29-,30+,31+,32+/m0/s1. The molecule has 5 rings (SSSR count). The monoisotopic (exact) mass is 493 g/mol. The Balaban J connectivity index is 1.63. The van der Waals surface area contributed by atoms with E-state index in [1.807, 2.05) is 0 Å². The smallest absolute Gasteiger partial charge is 0.137 e. The molecule has 5 aliphatic carbocycles. The number of nitrogens with zero attached hydrogens (tertiary/aromatic N) is 1. The van der Waals surface area contributed by atoms with E-state index in [9.17, 15) is 20.0 Å². The predicted molar refractivity (Wildman–Crippen MR) is 141 cm³/mol. The van der Waals surface area contributed by atoms with Crippen LogP contribution in [-0.4, -0.2) is 16.7 Å². The maximum absolute atomic E-state index is 14.4. The van der Waals surface area contributed by atoms with Crippen LogP contribution < -0.4 is 0 Å². The topological polar surface area (TPSA) is 78.2 Å². The SMILES string of the molecule is CC(=O)[C@]12CCC(C)(C)C[C@H]1[C@H]1C(=O)C[C@@H]3[C@@]4(C)CC(C#N)=C(O)C(C)(C)[C@@H]4CC[C@@]3(C)[C@]1(C)CC2. The summed E-state index contributed by atoms with van der Waals surface area (Å²) in [5.74, 6) is 1.41. The molecular formula is C32H47NO3. The van der Waals surface area contributed by atoms with E-state index in [1.165, 1.54) is 0 Å². The number of rotatable bonds is 1. The fourth-order valence-electron chi connectivity index (χ4n) is 11.2. The lowest BCUT2D eigenvalue weighted by Crippen LogP contribution is -2.69. The Morgan fingerprint density at radius 3 is 2.19 bits per heavy atom. The number of carbonyl (C=O) groups is 2. The van der Waals surface area contributed by atoms with Crippen LogP contribution in [0.5, 0.6) is 0 Å². The number of hydrogen-bond acceptors (Lipinski definition) is 4. The Kier molecular flexibility index (Phi) is 5.40. The van der Waals surface area contributed by atoms with Gasteiger partial charge in [-0.15, -0.1) is 0 Å². The van der Waals surface area contributed by atoms with Gasteiger partial charge in [0.05, 0.1) is 11.6 Å². The molecule has 4 fully saturated rings. The minimum absolute atomic E-state index is 0.0367. The molecule has 0 unspecified atom stereocenters. The van der Waals surface area contributed by atoms with Gasteiger partial charge in [0.2, 0.25) is 0 Å². The molecule has 0 bridgehead atoms. The molecule has 0 amide bonds. The van der Waals surface area contributed by atoms with Crippen LogP contribution in [0.2, 0.25) is 0 Å². The van der Waals surface area contributed by atoms with Gasteiger partial charge in [0.15, 0.2) is 0 Å². The second-order valence-corrected chi connectivity index (χ2v) is 15.7. The first kappa shape index (κ1) is 26.0. The van der Waals surface area contributed by atoms with Crippen LogP contribution in [0.15, 0.2) is 11.3 Å². The van der Waals surface area contributed by atoms with Crippen molar-refractivity contribution in [2.45, 2.75) is 113 Å². The summed E-state index contributed by atoms with van der Waals surface area (Å²) < 4.78 is 0. The van der Waals surface area contributed by atoms with Crippen LogP contribution in [0.25, 0.3) is 0 Å². The van der Waals surface area contributed by atoms with E-state index < -0.39 is 5.41 Å². The van der Waals surface area contributed by atoms with Crippen molar-refractivity contribution in [3.05, 3.63) is 11.3 Å². The van der Waals surface area contributed by atoms with E-state index in [4.69, 9.17) is 0 Å². The summed E-state index contributed by atoms with van der Waals surface area (Å²) in [5, 5.41) is 21.0. The third-order valence-electron chi connectivity index (χ3n) is 13.4. The molecule has 36 heavy (non-hydrogen) atoms. The zero-order valence-electron chi connectivity index (χ0n) is 23.9. The number of aliphatic hydroxyl groups is 1. The zero-order valence-corrected chi connectivity index (χ0v) is 23.9. The molecule has 0 heterocycles. The Hall–Kier alpha value is -1.63. The van der Waals surface area contributed by atoms with Crippen molar-refractivity contribution < 1.29 is 14.7 Å². The minimum Gasteiger partial charge on any atom is -0.511 e. The fourth-order valence-corrected chi connectivity index (χ4v) is 11.2. The highest BCUT2D eigenvalue weighted by Gasteiger charge is 2.72. The molecule has 0 aromatic rings. The van der Waals surface area contributed by atoms with Gasteiger partial charge in [0.25, 0.3) is 0 Å². The van der Waals surface area contributed by atoms with Crippen molar-refractivity contribution in [3.8, 4) is 6.07 Å². The van der Waals surface area contributed by atoms with Crippen molar-refractivity contribution in [1.82, 2.24) is 0 Å². The third kappa shape index (κ3) is 2.98. The van der Waals surface area contributed by atoms with E-state index in [0.717, 1.165) is 44.9 Å². The van der Waals surface area contributed by atoms with Gasteiger partial charge < -0.3 is 5.11 Å². The van der Waals surface area contributed by atoms with Crippen molar-refractivity contribution in [1.29, 1.82) is 5.26 Å². The normalized spacial score (nSPS) is 49.1. The maximum Gasteiger partial charge on any atom is 0.137 e. The van der Waals surface area contributed by atoms with E-state index in [1.54, 1.807) is 6.92 Å². The Bertz CT molecular complexity index is 1090. The Morgan fingerprint density at radius 2 is 1.58 bits per heavy atom. The van der Waals surface area contributed by atoms with Crippen LogP contribution in [0.1, 0.15) is 113 Å². The number of aliphatic hydroxyl groups excluding tert-OH is 1. The fraction of sp³-hybridized carbons (Fsp3) is 0.844. The molecule has 198 valence electrons. The first-order valence-electron chi connectivity index (χ1n) is 14.4. The average Bonchev–Trinajstić information content (AvgIpc) is 2.77. The van der Waals surface area contributed by atoms with E-state index in [2.05, 4.69) is 54.5 Å². The quantitative estimate of drug-likeness (QED) is 0.408.